The Morgan fingerprint density at radius 1 is 1.62 bits per heavy atom. The van der Waals surface area contributed by atoms with Crippen LogP contribution in [0.2, 0.25) is 0 Å². The highest BCUT2D eigenvalue weighted by molar-refractivity contribution is 5.34. The minimum absolute atomic E-state index is 0.0980. The summed E-state index contributed by atoms with van der Waals surface area (Å²) in [5.74, 6) is 1.33. The number of hydrogen-bond donors (Lipinski definition) is 2. The van der Waals surface area contributed by atoms with Gasteiger partial charge in [0.05, 0.1) is 0 Å². The van der Waals surface area contributed by atoms with Crippen LogP contribution in [0.5, 0.6) is 0 Å². The van der Waals surface area contributed by atoms with Crippen LogP contribution >= 0.6 is 0 Å². The van der Waals surface area contributed by atoms with Crippen molar-refractivity contribution in [3.8, 4) is 0 Å². The van der Waals surface area contributed by atoms with Crippen LogP contribution < -0.4 is 10.9 Å². The number of H-pyrrole nitrogens is 1. The monoisotopic (exact) mass is 222 g/mol. The highest BCUT2D eigenvalue weighted by Gasteiger charge is 2.17. The first-order chi connectivity index (χ1) is 7.63. The molecule has 1 atom stereocenters. The van der Waals surface area contributed by atoms with E-state index in [4.69, 9.17) is 0 Å². The number of likely N-dealkylation sites (tertiary alicyclic amines) is 1. The van der Waals surface area contributed by atoms with Crippen molar-refractivity contribution >= 4 is 5.82 Å². The number of nitrogens with zero attached hydrogens (tertiary/aromatic N) is 2. The van der Waals surface area contributed by atoms with Gasteiger partial charge in [0.2, 0.25) is 0 Å². The Morgan fingerprint density at radius 2 is 2.44 bits per heavy atom. The molecule has 88 valence electrons. The van der Waals surface area contributed by atoms with E-state index in [-0.39, 0.29) is 5.56 Å². The molecule has 2 rings (SSSR count). The smallest absolute Gasteiger partial charge is 0.252 e. The molecular formula is C11H18N4O. The van der Waals surface area contributed by atoms with Crippen molar-refractivity contribution in [1.29, 1.82) is 0 Å². The van der Waals surface area contributed by atoms with Gasteiger partial charge in [0.25, 0.3) is 5.56 Å². The Bertz CT molecular complexity index is 415. The van der Waals surface area contributed by atoms with Gasteiger partial charge in [0.15, 0.2) is 0 Å². The summed E-state index contributed by atoms with van der Waals surface area (Å²) in [4.78, 5) is 20.5. The van der Waals surface area contributed by atoms with Gasteiger partial charge >= 0.3 is 0 Å². The summed E-state index contributed by atoms with van der Waals surface area (Å²) < 4.78 is 0. The van der Waals surface area contributed by atoms with Crippen LogP contribution in [0, 0.1) is 6.92 Å². The molecule has 0 amide bonds. The molecular weight excluding hydrogens is 204 g/mol. The summed E-state index contributed by atoms with van der Waals surface area (Å²) >= 11 is 0. The van der Waals surface area contributed by atoms with Crippen molar-refractivity contribution in [3.05, 3.63) is 22.2 Å². The summed E-state index contributed by atoms with van der Waals surface area (Å²) in [5.41, 5.74) is -0.0980. The first kappa shape index (κ1) is 11.1. The van der Waals surface area contributed by atoms with Crippen molar-refractivity contribution in [3.63, 3.8) is 0 Å². The Morgan fingerprint density at radius 3 is 3.12 bits per heavy atom. The SMILES string of the molecule is Cc1nc(NC2CCCN(C)C2)cc(=O)[nH]1. The predicted molar refractivity (Wildman–Crippen MR) is 63.7 cm³/mol. The molecule has 5 heteroatoms. The van der Waals surface area contributed by atoms with Gasteiger partial charge in [-0.2, -0.15) is 0 Å². The zero-order valence-electron chi connectivity index (χ0n) is 9.79. The molecule has 0 bridgehead atoms. The fourth-order valence-electron chi connectivity index (χ4n) is 2.15. The minimum atomic E-state index is -0.0980. The molecule has 1 unspecified atom stereocenters. The van der Waals surface area contributed by atoms with Crippen LogP contribution in [0.15, 0.2) is 10.9 Å². The third-order valence-corrected chi connectivity index (χ3v) is 2.84. The molecule has 1 aliphatic heterocycles. The summed E-state index contributed by atoms with van der Waals surface area (Å²) in [6, 6.07) is 1.91. The van der Waals surface area contributed by atoms with E-state index in [1.165, 1.54) is 12.5 Å². The summed E-state index contributed by atoms with van der Waals surface area (Å²) in [6.45, 7) is 3.95. The summed E-state index contributed by atoms with van der Waals surface area (Å²) in [6.07, 6.45) is 2.33. The Kier molecular flexibility index (Phi) is 3.24. The molecule has 0 aromatic carbocycles. The normalized spacial score (nSPS) is 22.0. The topological polar surface area (TPSA) is 61.0 Å². The fraction of sp³-hybridized carbons (Fsp3) is 0.636. The third kappa shape index (κ3) is 2.82. The molecule has 1 aromatic heterocycles. The number of aromatic amines is 1. The van der Waals surface area contributed by atoms with Crippen LogP contribution in [0.1, 0.15) is 18.7 Å². The van der Waals surface area contributed by atoms with Gasteiger partial charge in [-0.3, -0.25) is 4.79 Å². The Balaban J connectivity index is 2.05. The summed E-state index contributed by atoms with van der Waals surface area (Å²) in [7, 11) is 2.12. The number of hydrogen-bond acceptors (Lipinski definition) is 4. The molecule has 0 radical (unpaired) electrons. The number of piperidine rings is 1. The highest BCUT2D eigenvalue weighted by Crippen LogP contribution is 2.12. The number of rotatable bonds is 2. The lowest BCUT2D eigenvalue weighted by Crippen LogP contribution is -2.40. The number of aryl methyl sites for hydroxylation is 1. The van der Waals surface area contributed by atoms with E-state index in [9.17, 15) is 4.79 Å². The lowest BCUT2D eigenvalue weighted by Gasteiger charge is -2.30. The van der Waals surface area contributed by atoms with Crippen LogP contribution in [0.3, 0.4) is 0 Å². The van der Waals surface area contributed by atoms with Crippen LogP contribution in [-0.4, -0.2) is 41.0 Å². The molecule has 1 saturated heterocycles. The van der Waals surface area contributed by atoms with Gasteiger partial charge in [-0.25, -0.2) is 4.98 Å². The van der Waals surface area contributed by atoms with Crippen molar-refractivity contribution in [2.75, 3.05) is 25.5 Å². The molecule has 5 nitrogen and oxygen atoms in total. The largest absolute Gasteiger partial charge is 0.366 e. The Hall–Kier alpha value is -1.36. The van der Waals surface area contributed by atoms with E-state index >= 15 is 0 Å². The van der Waals surface area contributed by atoms with E-state index in [2.05, 4.69) is 27.2 Å². The van der Waals surface area contributed by atoms with Gasteiger partial charge in [-0.15, -0.1) is 0 Å². The number of nitrogens with one attached hydrogen (secondary N) is 2. The van der Waals surface area contributed by atoms with Crippen molar-refractivity contribution in [1.82, 2.24) is 14.9 Å². The molecule has 0 saturated carbocycles. The average molecular weight is 222 g/mol. The van der Waals surface area contributed by atoms with E-state index < -0.39 is 0 Å². The van der Waals surface area contributed by atoms with Crippen LogP contribution in [-0.2, 0) is 0 Å². The van der Waals surface area contributed by atoms with Crippen molar-refractivity contribution in [2.24, 2.45) is 0 Å². The van der Waals surface area contributed by atoms with Crippen LogP contribution in [0.25, 0.3) is 0 Å². The number of aromatic nitrogens is 2. The average Bonchev–Trinajstić information content (AvgIpc) is 2.15. The Labute approximate surface area is 94.9 Å². The highest BCUT2D eigenvalue weighted by atomic mass is 16.1. The van der Waals surface area contributed by atoms with Gasteiger partial charge in [0.1, 0.15) is 11.6 Å². The van der Waals surface area contributed by atoms with Gasteiger partial charge in [-0.1, -0.05) is 0 Å². The molecule has 0 spiro atoms. The van der Waals surface area contributed by atoms with Gasteiger partial charge in [0, 0.05) is 18.7 Å². The molecule has 0 aliphatic carbocycles. The van der Waals surface area contributed by atoms with E-state index in [1.54, 1.807) is 6.92 Å². The zero-order valence-corrected chi connectivity index (χ0v) is 9.79. The maximum atomic E-state index is 11.3. The molecule has 2 N–H and O–H groups in total. The second-order valence-electron chi connectivity index (χ2n) is 4.46. The molecule has 1 aromatic rings. The van der Waals surface area contributed by atoms with E-state index in [0.29, 0.717) is 17.7 Å². The quantitative estimate of drug-likeness (QED) is 0.768. The lowest BCUT2D eigenvalue weighted by molar-refractivity contribution is 0.260. The fourth-order valence-corrected chi connectivity index (χ4v) is 2.15. The summed E-state index contributed by atoms with van der Waals surface area (Å²) in [5, 5.41) is 3.32. The van der Waals surface area contributed by atoms with Crippen molar-refractivity contribution in [2.45, 2.75) is 25.8 Å². The van der Waals surface area contributed by atoms with Gasteiger partial charge < -0.3 is 15.2 Å². The molecule has 2 heterocycles. The second kappa shape index (κ2) is 4.65. The van der Waals surface area contributed by atoms with E-state index in [1.807, 2.05) is 0 Å². The van der Waals surface area contributed by atoms with Crippen molar-refractivity contribution < 1.29 is 0 Å². The minimum Gasteiger partial charge on any atom is -0.366 e. The first-order valence-corrected chi connectivity index (χ1v) is 5.66. The maximum Gasteiger partial charge on any atom is 0.252 e. The zero-order chi connectivity index (χ0) is 11.5. The first-order valence-electron chi connectivity index (χ1n) is 5.66. The molecule has 16 heavy (non-hydrogen) atoms. The number of anilines is 1. The van der Waals surface area contributed by atoms with Gasteiger partial charge in [-0.05, 0) is 33.4 Å². The second-order valence-corrected chi connectivity index (χ2v) is 4.46. The number of likely N-dealkylation sites (N-methyl/N-ethyl adjacent to an activating group) is 1. The van der Waals surface area contributed by atoms with Crippen LogP contribution in [0.4, 0.5) is 5.82 Å². The van der Waals surface area contributed by atoms with E-state index in [0.717, 1.165) is 19.5 Å². The predicted octanol–water partition coefficient (Wildman–Crippen LogP) is 0.584. The molecule has 1 aliphatic rings. The molecule has 1 fully saturated rings. The third-order valence-electron chi connectivity index (χ3n) is 2.84. The lowest BCUT2D eigenvalue weighted by atomic mass is 10.1. The standard InChI is InChI=1S/C11H18N4O/c1-8-12-10(6-11(16)13-8)14-9-4-3-5-15(2)7-9/h6,9H,3-5,7H2,1-2H3,(H2,12,13,14,16). The maximum absolute atomic E-state index is 11.3.